The number of amides is 1. The van der Waals surface area contributed by atoms with Crippen LogP contribution in [0.4, 0.5) is 27.8 Å². The van der Waals surface area contributed by atoms with E-state index in [0.29, 0.717) is 12.1 Å². The van der Waals surface area contributed by atoms with E-state index >= 15 is 0 Å². The molecule has 2 aliphatic heterocycles. The molecule has 3 aliphatic rings. The van der Waals surface area contributed by atoms with Gasteiger partial charge in [-0.15, -0.1) is 0 Å². The van der Waals surface area contributed by atoms with Gasteiger partial charge in [-0.25, -0.2) is 22.2 Å². The normalized spacial score (nSPS) is 25.5. The summed E-state index contributed by atoms with van der Waals surface area (Å²) in [7, 11) is -2.83. The van der Waals surface area contributed by atoms with Gasteiger partial charge in [-0.1, -0.05) is 0 Å². The van der Waals surface area contributed by atoms with Gasteiger partial charge in [0.1, 0.15) is 16.8 Å². The number of aromatic nitrogens is 1. The molecule has 1 saturated carbocycles. The molecule has 8 nitrogen and oxygen atoms in total. The standard InChI is InChI=1S/C24H33F5N4O4S/c1-16-5-6-20(21(30-16)32-12-13-37-15-18(32)14-24(27,28)29)38(35,36)33-11-3-4-19(33)22(34)31(2)17-7-9-23(25,26)10-8-17/h5-6,17-19H,3-4,7-15H2,1-2H3/t18?,19-/m0/s1. The van der Waals surface area contributed by atoms with Crippen LogP contribution in [0.3, 0.4) is 0 Å². The van der Waals surface area contributed by atoms with Gasteiger partial charge in [0, 0.05) is 44.7 Å². The summed E-state index contributed by atoms with van der Waals surface area (Å²) in [5.74, 6) is -3.32. The highest BCUT2D eigenvalue weighted by atomic mass is 32.2. The van der Waals surface area contributed by atoms with E-state index < -0.39 is 52.6 Å². The van der Waals surface area contributed by atoms with Crippen molar-refractivity contribution < 1.29 is 39.9 Å². The number of likely N-dealkylation sites (N-methyl/N-ethyl adjacent to an activating group) is 1. The zero-order valence-corrected chi connectivity index (χ0v) is 22.2. The molecular formula is C24H33F5N4O4S. The summed E-state index contributed by atoms with van der Waals surface area (Å²) in [6.07, 6.45) is -5.44. The Balaban J connectivity index is 1.62. The van der Waals surface area contributed by atoms with Crippen LogP contribution in [0, 0.1) is 6.92 Å². The molecule has 14 heteroatoms. The van der Waals surface area contributed by atoms with Crippen molar-refractivity contribution >= 4 is 21.7 Å². The summed E-state index contributed by atoms with van der Waals surface area (Å²) < 4.78 is 101. The Morgan fingerprint density at radius 2 is 1.87 bits per heavy atom. The Morgan fingerprint density at radius 1 is 1.18 bits per heavy atom. The summed E-state index contributed by atoms with van der Waals surface area (Å²) in [4.78, 5) is 20.2. The number of aryl methyl sites for hydroxylation is 1. The quantitative estimate of drug-likeness (QED) is 0.487. The lowest BCUT2D eigenvalue weighted by atomic mass is 9.91. The third-order valence-electron chi connectivity index (χ3n) is 7.60. The molecular weight excluding hydrogens is 535 g/mol. The van der Waals surface area contributed by atoms with Crippen molar-refractivity contribution in [3.63, 3.8) is 0 Å². The summed E-state index contributed by atoms with van der Waals surface area (Å²) in [5.41, 5.74) is 0.430. The Labute approximate surface area is 219 Å². The van der Waals surface area contributed by atoms with Crippen LogP contribution in [0.25, 0.3) is 0 Å². The molecule has 38 heavy (non-hydrogen) atoms. The Hall–Kier alpha value is -2.06. The fraction of sp³-hybridized carbons (Fsp3) is 0.750. The van der Waals surface area contributed by atoms with Crippen molar-refractivity contribution in [1.29, 1.82) is 0 Å². The molecule has 0 bridgehead atoms. The third-order valence-corrected chi connectivity index (χ3v) is 9.53. The molecule has 1 aliphatic carbocycles. The number of nitrogens with zero attached hydrogens (tertiary/aromatic N) is 4. The highest BCUT2D eigenvalue weighted by Gasteiger charge is 2.45. The van der Waals surface area contributed by atoms with Gasteiger partial charge in [0.25, 0.3) is 0 Å². The molecule has 1 aromatic heterocycles. The first kappa shape index (κ1) is 28.9. The zero-order chi connectivity index (χ0) is 27.9. The predicted octanol–water partition coefficient (Wildman–Crippen LogP) is 3.74. The first-order valence-electron chi connectivity index (χ1n) is 12.7. The van der Waals surface area contributed by atoms with Crippen LogP contribution in [-0.2, 0) is 19.6 Å². The number of ether oxygens (including phenoxy) is 1. The number of morpholine rings is 1. The number of sulfonamides is 1. The molecule has 0 radical (unpaired) electrons. The zero-order valence-electron chi connectivity index (χ0n) is 21.4. The fourth-order valence-corrected chi connectivity index (χ4v) is 7.32. The summed E-state index contributed by atoms with van der Waals surface area (Å²) >= 11 is 0. The summed E-state index contributed by atoms with van der Waals surface area (Å²) in [6, 6.07) is 0.188. The van der Waals surface area contributed by atoms with Crippen LogP contribution in [0.2, 0.25) is 0 Å². The Kier molecular flexibility index (Phi) is 8.25. The summed E-state index contributed by atoms with van der Waals surface area (Å²) in [5, 5.41) is 0. The number of hydrogen-bond acceptors (Lipinski definition) is 6. The van der Waals surface area contributed by atoms with Crippen molar-refractivity contribution in [2.45, 2.75) is 87.0 Å². The van der Waals surface area contributed by atoms with Crippen LogP contribution in [0.5, 0.6) is 0 Å². The van der Waals surface area contributed by atoms with Crippen molar-refractivity contribution in [1.82, 2.24) is 14.2 Å². The first-order valence-corrected chi connectivity index (χ1v) is 14.2. The van der Waals surface area contributed by atoms with Crippen LogP contribution in [0.15, 0.2) is 17.0 Å². The third kappa shape index (κ3) is 6.22. The number of pyridine rings is 1. The maximum Gasteiger partial charge on any atom is 0.391 e. The first-order chi connectivity index (χ1) is 17.7. The number of halogens is 5. The van der Waals surface area contributed by atoms with Crippen LogP contribution in [-0.4, -0.2) is 92.1 Å². The van der Waals surface area contributed by atoms with Crippen LogP contribution >= 0.6 is 0 Å². The van der Waals surface area contributed by atoms with E-state index in [4.69, 9.17) is 4.74 Å². The molecule has 1 amide bonds. The summed E-state index contributed by atoms with van der Waals surface area (Å²) in [6.45, 7) is 1.57. The van der Waals surface area contributed by atoms with Crippen molar-refractivity contribution in [3.05, 3.63) is 17.8 Å². The fourth-order valence-electron chi connectivity index (χ4n) is 5.54. The van der Waals surface area contributed by atoms with E-state index in [1.807, 2.05) is 0 Å². The molecule has 0 N–H and O–H groups in total. The van der Waals surface area contributed by atoms with Gasteiger partial charge in [0.2, 0.25) is 21.9 Å². The number of alkyl halides is 5. The lowest BCUT2D eigenvalue weighted by molar-refractivity contribution is -0.143. The van der Waals surface area contributed by atoms with E-state index in [0.717, 1.165) is 4.31 Å². The van der Waals surface area contributed by atoms with E-state index in [1.165, 1.54) is 29.0 Å². The second-order valence-electron chi connectivity index (χ2n) is 10.3. The van der Waals surface area contributed by atoms with Gasteiger partial charge in [0.05, 0.1) is 25.7 Å². The maximum atomic E-state index is 13.9. The minimum atomic E-state index is -4.49. The van der Waals surface area contributed by atoms with E-state index in [1.54, 1.807) is 6.92 Å². The maximum absolute atomic E-state index is 13.9. The smallest absolute Gasteiger partial charge is 0.377 e. The van der Waals surface area contributed by atoms with Gasteiger partial charge in [-0.2, -0.15) is 17.5 Å². The number of carbonyl (C=O) groups is 1. The lowest BCUT2D eigenvalue weighted by Crippen LogP contribution is -2.51. The van der Waals surface area contributed by atoms with Crippen LogP contribution < -0.4 is 4.90 Å². The molecule has 1 aromatic rings. The molecule has 3 fully saturated rings. The highest BCUT2D eigenvalue weighted by molar-refractivity contribution is 7.89. The predicted molar refractivity (Wildman–Crippen MR) is 128 cm³/mol. The van der Waals surface area contributed by atoms with Crippen LogP contribution in [0.1, 0.15) is 50.6 Å². The van der Waals surface area contributed by atoms with Gasteiger partial charge in [0.15, 0.2) is 0 Å². The van der Waals surface area contributed by atoms with Crippen molar-refractivity contribution in [2.75, 3.05) is 38.3 Å². The largest absolute Gasteiger partial charge is 0.391 e. The molecule has 214 valence electrons. The molecule has 4 rings (SSSR count). The van der Waals surface area contributed by atoms with Gasteiger partial charge in [-0.05, 0) is 44.7 Å². The number of rotatable bonds is 6. The molecule has 2 atom stereocenters. The molecule has 2 saturated heterocycles. The van der Waals surface area contributed by atoms with Crippen molar-refractivity contribution in [2.24, 2.45) is 0 Å². The Bertz CT molecular complexity index is 1120. The highest BCUT2D eigenvalue weighted by Crippen LogP contribution is 2.38. The molecule has 1 unspecified atom stereocenters. The average Bonchev–Trinajstić information content (AvgIpc) is 3.33. The minimum absolute atomic E-state index is 0.0249. The number of hydrogen-bond donors (Lipinski definition) is 0. The van der Waals surface area contributed by atoms with E-state index in [9.17, 15) is 35.2 Å². The topological polar surface area (TPSA) is 83.1 Å². The molecule has 3 heterocycles. The van der Waals surface area contributed by atoms with E-state index in [-0.39, 0.29) is 69.1 Å². The second kappa shape index (κ2) is 10.8. The van der Waals surface area contributed by atoms with Gasteiger partial charge >= 0.3 is 6.18 Å². The van der Waals surface area contributed by atoms with Crippen molar-refractivity contribution in [3.8, 4) is 0 Å². The minimum Gasteiger partial charge on any atom is -0.377 e. The van der Waals surface area contributed by atoms with Gasteiger partial charge < -0.3 is 14.5 Å². The lowest BCUT2D eigenvalue weighted by Gasteiger charge is -2.39. The Morgan fingerprint density at radius 3 is 2.53 bits per heavy atom. The SMILES string of the molecule is Cc1ccc(S(=O)(=O)N2CCC[C@H]2C(=O)N(C)C2CCC(F)(F)CC2)c(N2CCOCC2CC(F)(F)F)n1. The number of anilines is 1. The monoisotopic (exact) mass is 568 g/mol. The second-order valence-corrected chi connectivity index (χ2v) is 12.2. The molecule has 0 spiro atoms. The van der Waals surface area contributed by atoms with Gasteiger partial charge in [-0.3, -0.25) is 4.79 Å². The average molecular weight is 569 g/mol. The molecule has 0 aromatic carbocycles. The van der Waals surface area contributed by atoms with E-state index in [2.05, 4.69) is 4.98 Å². The number of carbonyl (C=O) groups excluding carboxylic acids is 1.